The Morgan fingerprint density at radius 2 is 1.50 bits per heavy atom. The molecule has 0 aromatic heterocycles. The van der Waals surface area contributed by atoms with E-state index >= 15 is 0 Å². The summed E-state index contributed by atoms with van der Waals surface area (Å²) in [7, 11) is 0. The number of aliphatic carboxylic acids is 1. The Bertz CT molecular complexity index is 1170. The maximum Gasteiger partial charge on any atom is 0.411 e. The molecule has 2 aromatic carbocycles. The lowest BCUT2D eigenvalue weighted by Gasteiger charge is -2.31. The largest absolute Gasteiger partial charge is 0.480 e. The number of rotatable bonds is 11. The molecular formula is C31H41N3O6. The van der Waals surface area contributed by atoms with Crippen LogP contribution in [0.2, 0.25) is 0 Å². The maximum atomic E-state index is 13.4. The molecule has 3 amide bonds. The van der Waals surface area contributed by atoms with Crippen molar-refractivity contribution in [1.29, 1.82) is 0 Å². The number of carboxylic acid groups (broad SMARTS) is 1. The molecule has 0 unspecified atom stereocenters. The van der Waals surface area contributed by atoms with E-state index in [0.29, 0.717) is 12.8 Å². The normalized spacial score (nSPS) is 14.7. The van der Waals surface area contributed by atoms with E-state index in [1.807, 2.05) is 68.4 Å². The summed E-state index contributed by atoms with van der Waals surface area (Å²) in [6.07, 6.45) is 0.987. The number of amides is 3. The summed E-state index contributed by atoms with van der Waals surface area (Å²) in [5.41, 5.74) is 2.28. The zero-order valence-corrected chi connectivity index (χ0v) is 24.0. The summed E-state index contributed by atoms with van der Waals surface area (Å²) in [6.45, 7) is 8.74. The van der Waals surface area contributed by atoms with Crippen molar-refractivity contribution in [3.05, 3.63) is 71.3 Å². The van der Waals surface area contributed by atoms with Gasteiger partial charge in [0.1, 0.15) is 24.2 Å². The molecule has 0 spiro atoms. The lowest BCUT2D eigenvalue weighted by atomic mass is 10.0. The predicted octanol–water partition coefficient (Wildman–Crippen LogP) is 3.73. The van der Waals surface area contributed by atoms with Crippen LogP contribution in [0.1, 0.15) is 57.7 Å². The van der Waals surface area contributed by atoms with Gasteiger partial charge in [0, 0.05) is 12.5 Å². The van der Waals surface area contributed by atoms with Crippen LogP contribution < -0.4 is 10.6 Å². The first-order chi connectivity index (χ1) is 18.8. The van der Waals surface area contributed by atoms with Gasteiger partial charge in [-0.2, -0.15) is 0 Å². The lowest BCUT2D eigenvalue weighted by Crippen LogP contribution is -2.55. The van der Waals surface area contributed by atoms with Gasteiger partial charge in [0.2, 0.25) is 11.8 Å². The second-order valence-electron chi connectivity index (χ2n) is 11.8. The van der Waals surface area contributed by atoms with Crippen molar-refractivity contribution in [3.63, 3.8) is 0 Å². The van der Waals surface area contributed by atoms with Gasteiger partial charge >= 0.3 is 12.1 Å². The Labute approximate surface area is 236 Å². The zero-order valence-electron chi connectivity index (χ0n) is 24.0. The predicted molar refractivity (Wildman–Crippen MR) is 152 cm³/mol. The van der Waals surface area contributed by atoms with Crippen molar-refractivity contribution >= 4 is 23.9 Å². The Hall–Kier alpha value is -3.88. The number of hydrogen-bond donors (Lipinski definition) is 3. The SMILES string of the molecule is CC(C)C[C@@H](NC(=O)[C@@H](Cc1ccccc1)NC(=O)CN(C(=O)OC(C)(C)C)C1Cc2ccccc2C1)C(=O)O. The quantitative estimate of drug-likeness (QED) is 0.391. The highest BCUT2D eigenvalue weighted by atomic mass is 16.6. The van der Waals surface area contributed by atoms with Crippen molar-refractivity contribution in [3.8, 4) is 0 Å². The van der Waals surface area contributed by atoms with E-state index < -0.39 is 41.6 Å². The molecule has 9 heteroatoms. The van der Waals surface area contributed by atoms with Gasteiger partial charge in [0.05, 0.1) is 0 Å². The highest BCUT2D eigenvalue weighted by Crippen LogP contribution is 2.26. The summed E-state index contributed by atoms with van der Waals surface area (Å²) in [5, 5.41) is 15.0. The summed E-state index contributed by atoms with van der Waals surface area (Å²) in [5.74, 6) is -2.22. The standard InChI is InChI=1S/C31H41N3O6/c1-20(2)15-26(29(37)38)33-28(36)25(16-21-11-7-6-8-12-21)32-27(35)19-34(30(39)40-31(3,4)5)24-17-22-13-9-10-14-23(22)18-24/h6-14,20,24-26H,15-19H2,1-5H3,(H,32,35)(H,33,36)(H,37,38)/t25-,26-/m1/s1. The van der Waals surface area contributed by atoms with Crippen molar-refractivity contribution in [2.45, 2.75) is 84.0 Å². The lowest BCUT2D eigenvalue weighted by molar-refractivity contribution is -0.142. The fourth-order valence-corrected chi connectivity index (χ4v) is 4.84. The van der Waals surface area contributed by atoms with Gasteiger partial charge in [-0.25, -0.2) is 9.59 Å². The van der Waals surface area contributed by atoms with Crippen LogP contribution in [0.4, 0.5) is 4.79 Å². The third kappa shape index (κ3) is 9.10. The van der Waals surface area contributed by atoms with Crippen molar-refractivity contribution in [2.24, 2.45) is 5.92 Å². The van der Waals surface area contributed by atoms with Crippen LogP contribution in [0, 0.1) is 5.92 Å². The molecule has 40 heavy (non-hydrogen) atoms. The van der Waals surface area contributed by atoms with E-state index in [0.717, 1.165) is 16.7 Å². The van der Waals surface area contributed by atoms with Crippen LogP contribution >= 0.6 is 0 Å². The van der Waals surface area contributed by atoms with Gasteiger partial charge in [0.25, 0.3) is 0 Å². The minimum absolute atomic E-state index is 0.0430. The molecule has 2 atom stereocenters. The molecule has 0 bridgehead atoms. The van der Waals surface area contributed by atoms with E-state index in [1.54, 1.807) is 20.8 Å². The molecule has 1 aliphatic carbocycles. The molecule has 0 heterocycles. The number of carbonyl (C=O) groups is 4. The van der Waals surface area contributed by atoms with E-state index in [2.05, 4.69) is 10.6 Å². The zero-order chi connectivity index (χ0) is 29.4. The first kappa shape index (κ1) is 30.7. The number of ether oxygens (including phenoxy) is 1. The Morgan fingerprint density at radius 1 is 0.925 bits per heavy atom. The molecule has 2 aromatic rings. The van der Waals surface area contributed by atoms with Gasteiger partial charge in [-0.3, -0.25) is 14.5 Å². The van der Waals surface area contributed by atoms with Gasteiger partial charge in [-0.05, 0) is 62.6 Å². The highest BCUT2D eigenvalue weighted by molar-refractivity contribution is 5.91. The second kappa shape index (κ2) is 13.5. The van der Waals surface area contributed by atoms with E-state index in [1.165, 1.54) is 4.90 Å². The van der Waals surface area contributed by atoms with E-state index in [9.17, 15) is 24.3 Å². The molecule has 9 nitrogen and oxygen atoms in total. The number of hydrogen-bond acceptors (Lipinski definition) is 5. The molecule has 0 fully saturated rings. The molecule has 0 radical (unpaired) electrons. The Balaban J connectivity index is 1.79. The van der Waals surface area contributed by atoms with Crippen molar-refractivity contribution in [2.75, 3.05) is 6.54 Å². The molecular weight excluding hydrogens is 510 g/mol. The minimum atomic E-state index is -1.14. The molecule has 1 aliphatic rings. The number of carboxylic acids is 1. The average molecular weight is 552 g/mol. The van der Waals surface area contributed by atoms with Crippen LogP contribution in [0.15, 0.2) is 54.6 Å². The van der Waals surface area contributed by atoms with Gasteiger partial charge < -0.3 is 20.5 Å². The number of benzene rings is 2. The van der Waals surface area contributed by atoms with Gasteiger partial charge in [0.15, 0.2) is 0 Å². The average Bonchev–Trinajstić information content (AvgIpc) is 3.29. The number of carbonyl (C=O) groups excluding carboxylic acids is 3. The van der Waals surface area contributed by atoms with Gasteiger partial charge in [-0.15, -0.1) is 0 Å². The number of fused-ring (bicyclic) bond motifs is 1. The third-order valence-electron chi connectivity index (χ3n) is 6.67. The highest BCUT2D eigenvalue weighted by Gasteiger charge is 2.35. The number of nitrogens with one attached hydrogen (secondary N) is 2. The molecule has 0 aliphatic heterocycles. The van der Waals surface area contributed by atoms with E-state index in [4.69, 9.17) is 4.74 Å². The third-order valence-corrected chi connectivity index (χ3v) is 6.67. The maximum absolute atomic E-state index is 13.4. The molecule has 216 valence electrons. The topological polar surface area (TPSA) is 125 Å². The summed E-state index contributed by atoms with van der Waals surface area (Å²) < 4.78 is 5.64. The minimum Gasteiger partial charge on any atom is -0.480 e. The summed E-state index contributed by atoms with van der Waals surface area (Å²) >= 11 is 0. The second-order valence-corrected chi connectivity index (χ2v) is 11.8. The summed E-state index contributed by atoms with van der Waals surface area (Å²) in [4.78, 5) is 53.2. The molecule has 3 rings (SSSR count). The van der Waals surface area contributed by atoms with Crippen LogP contribution in [0.25, 0.3) is 0 Å². The number of nitrogens with zero attached hydrogens (tertiary/aromatic N) is 1. The first-order valence-electron chi connectivity index (χ1n) is 13.7. The molecule has 0 saturated carbocycles. The summed E-state index contributed by atoms with van der Waals surface area (Å²) in [6, 6.07) is 14.7. The van der Waals surface area contributed by atoms with Crippen LogP contribution in [-0.2, 0) is 38.4 Å². The van der Waals surface area contributed by atoms with Crippen molar-refractivity contribution in [1.82, 2.24) is 15.5 Å². The fraction of sp³-hybridized carbons (Fsp3) is 0.484. The Kier molecular flexibility index (Phi) is 10.3. The van der Waals surface area contributed by atoms with Crippen molar-refractivity contribution < 1.29 is 29.0 Å². The Morgan fingerprint density at radius 3 is 2.02 bits per heavy atom. The van der Waals surface area contributed by atoms with Gasteiger partial charge in [-0.1, -0.05) is 68.4 Å². The van der Waals surface area contributed by atoms with Crippen LogP contribution in [0.3, 0.4) is 0 Å². The fourth-order valence-electron chi connectivity index (χ4n) is 4.84. The smallest absolute Gasteiger partial charge is 0.411 e. The first-order valence-corrected chi connectivity index (χ1v) is 13.7. The van der Waals surface area contributed by atoms with E-state index in [-0.39, 0.29) is 31.3 Å². The molecule has 0 saturated heterocycles. The monoisotopic (exact) mass is 551 g/mol. The molecule has 3 N–H and O–H groups in total. The van der Waals surface area contributed by atoms with Crippen LogP contribution in [0.5, 0.6) is 0 Å². The van der Waals surface area contributed by atoms with Crippen LogP contribution in [-0.4, -0.2) is 64.2 Å².